The minimum absolute atomic E-state index is 1.23. The van der Waals surface area contributed by atoms with Crippen molar-refractivity contribution in [3.63, 3.8) is 0 Å². The summed E-state index contributed by atoms with van der Waals surface area (Å²) in [5.41, 5.74) is 0. The van der Waals surface area contributed by atoms with Crippen molar-refractivity contribution in [2.45, 2.75) is 220 Å². The van der Waals surface area contributed by atoms with E-state index in [4.69, 9.17) is 0 Å². The van der Waals surface area contributed by atoms with Gasteiger partial charge in [0.25, 0.3) is 5.82 Å². The van der Waals surface area contributed by atoms with Gasteiger partial charge >= 0.3 is 0 Å². The van der Waals surface area contributed by atoms with E-state index in [9.17, 15) is 0 Å². The second-order valence-electron chi connectivity index (χ2n) is 12.7. The van der Waals surface area contributed by atoms with E-state index in [0.29, 0.717) is 0 Å². The lowest BCUT2D eigenvalue weighted by Gasteiger charge is -2.07. The maximum absolute atomic E-state index is 2.63. The third kappa shape index (κ3) is 21.6. The number of imidazole rings is 1. The Morgan fingerprint density at radius 3 is 1.23 bits per heavy atom. The van der Waals surface area contributed by atoms with Crippen molar-refractivity contribution in [3.8, 4) is 0 Å². The first kappa shape index (κ1) is 36.2. The largest absolute Gasteiger partial charge is 0.256 e. The summed E-state index contributed by atoms with van der Waals surface area (Å²) in [4.78, 5) is 0. The summed E-state index contributed by atoms with van der Waals surface area (Å²) < 4.78 is 5.25. The molecule has 1 aromatic rings. The van der Waals surface area contributed by atoms with Crippen LogP contribution in [0.1, 0.15) is 206 Å². The fourth-order valence-corrected chi connectivity index (χ4v) is 6.15. The average Bonchev–Trinajstić information content (AvgIpc) is 3.33. The van der Waals surface area contributed by atoms with Gasteiger partial charge in [0.05, 0.1) is 13.1 Å². The predicted molar refractivity (Wildman–Crippen MR) is 175 cm³/mol. The number of hydrogen-bond acceptors (Lipinski definition) is 0. The van der Waals surface area contributed by atoms with E-state index >= 15 is 0 Å². The Bertz CT molecular complexity index is 605. The molecule has 0 saturated heterocycles. The molecule has 0 aromatic carbocycles. The highest BCUT2D eigenvalue weighted by Crippen LogP contribution is 2.14. The summed E-state index contributed by atoms with van der Waals surface area (Å²) in [5, 5.41) is 0. The van der Waals surface area contributed by atoms with Gasteiger partial charge in [0.2, 0.25) is 0 Å². The third-order valence-corrected chi connectivity index (χ3v) is 8.85. The molecule has 0 aliphatic rings. The Balaban J connectivity index is 2.32. The molecular weight excluding hydrogens is 472 g/mol. The molecule has 2 heteroatoms. The molecule has 1 rings (SSSR count). The van der Waals surface area contributed by atoms with E-state index in [1.54, 1.807) is 5.82 Å². The molecule has 0 radical (unpaired) electrons. The van der Waals surface area contributed by atoms with Gasteiger partial charge in [-0.25, -0.2) is 9.13 Å². The quantitative estimate of drug-likeness (QED) is 0.0648. The zero-order valence-electron chi connectivity index (χ0n) is 27.5. The fraction of sp³-hybridized carbons (Fsp3) is 0.919. The molecule has 0 atom stereocenters. The molecule has 0 saturated carbocycles. The van der Waals surface area contributed by atoms with Crippen LogP contribution in [-0.2, 0) is 19.5 Å². The normalized spacial score (nSPS) is 11.6. The smallest absolute Gasteiger partial charge is 0.234 e. The van der Waals surface area contributed by atoms with Crippen molar-refractivity contribution < 1.29 is 4.57 Å². The molecule has 0 aliphatic heterocycles. The zero-order valence-corrected chi connectivity index (χ0v) is 27.5. The highest BCUT2D eigenvalue weighted by molar-refractivity contribution is 4.84. The average molecular weight is 546 g/mol. The van der Waals surface area contributed by atoms with Crippen molar-refractivity contribution in [2.75, 3.05) is 0 Å². The zero-order chi connectivity index (χ0) is 28.1. The Hall–Kier alpha value is -0.790. The molecule has 0 spiro atoms. The van der Waals surface area contributed by atoms with Gasteiger partial charge < -0.3 is 0 Å². The molecule has 1 heterocycles. The minimum atomic E-state index is 1.23. The Kier molecular flexibility index (Phi) is 26.7. The maximum Gasteiger partial charge on any atom is 0.256 e. The van der Waals surface area contributed by atoms with Crippen molar-refractivity contribution in [1.82, 2.24) is 4.57 Å². The van der Waals surface area contributed by atoms with Gasteiger partial charge in [-0.05, 0) is 32.1 Å². The number of nitrogens with zero attached hydrogens (tertiary/aromatic N) is 2. The molecule has 0 amide bonds. The van der Waals surface area contributed by atoms with Crippen LogP contribution in [0.15, 0.2) is 12.4 Å². The number of rotatable bonds is 31. The van der Waals surface area contributed by atoms with Gasteiger partial charge in [0.15, 0.2) is 0 Å². The van der Waals surface area contributed by atoms with Crippen LogP contribution >= 0.6 is 0 Å². The van der Waals surface area contributed by atoms with Gasteiger partial charge in [0, 0.05) is 6.42 Å². The maximum atomic E-state index is 2.63. The number of aromatic nitrogens is 2. The van der Waals surface area contributed by atoms with E-state index in [-0.39, 0.29) is 0 Å². The van der Waals surface area contributed by atoms with Gasteiger partial charge in [-0.1, -0.05) is 168 Å². The van der Waals surface area contributed by atoms with Crippen molar-refractivity contribution in [1.29, 1.82) is 0 Å². The van der Waals surface area contributed by atoms with Gasteiger partial charge in [-0.15, -0.1) is 0 Å². The minimum Gasteiger partial charge on any atom is -0.234 e. The lowest BCUT2D eigenvalue weighted by atomic mass is 10.1. The van der Waals surface area contributed by atoms with Crippen LogP contribution in [0.4, 0.5) is 0 Å². The molecule has 230 valence electrons. The molecule has 1 aromatic heterocycles. The van der Waals surface area contributed by atoms with Gasteiger partial charge in [-0.3, -0.25) is 0 Å². The first-order valence-corrected chi connectivity index (χ1v) is 18.4. The van der Waals surface area contributed by atoms with Crippen LogP contribution in [0.3, 0.4) is 0 Å². The molecule has 0 aliphatic carbocycles. The standard InChI is InChI=1S/C37H73N2/c1-4-7-10-13-16-19-20-22-25-28-31-34-39-36-35-38(33-30-27-24-18-15-12-9-6-3)37(39)32-29-26-23-21-17-14-11-8-5-2/h35-36H,4-34H2,1-3H3/q+1. The van der Waals surface area contributed by atoms with Gasteiger partial charge in [0.1, 0.15) is 12.4 Å². The molecule has 0 N–H and O–H groups in total. The molecule has 2 nitrogen and oxygen atoms in total. The number of hydrogen-bond donors (Lipinski definition) is 0. The summed E-state index contributed by atoms with van der Waals surface area (Å²) in [5.74, 6) is 1.62. The van der Waals surface area contributed by atoms with E-state index in [0.717, 1.165) is 0 Å². The van der Waals surface area contributed by atoms with E-state index < -0.39 is 0 Å². The van der Waals surface area contributed by atoms with E-state index in [1.165, 1.54) is 199 Å². The summed E-state index contributed by atoms with van der Waals surface area (Å²) in [6.07, 6.45) is 45.9. The lowest BCUT2D eigenvalue weighted by molar-refractivity contribution is -0.704. The van der Waals surface area contributed by atoms with Gasteiger partial charge in [-0.2, -0.15) is 0 Å². The molecule has 0 unspecified atom stereocenters. The number of aryl methyl sites for hydroxylation is 2. The highest BCUT2D eigenvalue weighted by atomic mass is 15.1. The van der Waals surface area contributed by atoms with Crippen LogP contribution in [0, 0.1) is 0 Å². The lowest BCUT2D eigenvalue weighted by Crippen LogP contribution is -2.37. The highest BCUT2D eigenvalue weighted by Gasteiger charge is 2.16. The first-order valence-electron chi connectivity index (χ1n) is 18.4. The fourth-order valence-electron chi connectivity index (χ4n) is 6.15. The Morgan fingerprint density at radius 2 is 0.795 bits per heavy atom. The monoisotopic (exact) mass is 546 g/mol. The molecule has 0 bridgehead atoms. The summed E-state index contributed by atoms with van der Waals surface area (Å²) in [6, 6.07) is 0. The summed E-state index contributed by atoms with van der Waals surface area (Å²) >= 11 is 0. The molecule has 39 heavy (non-hydrogen) atoms. The Labute approximate surface area is 247 Å². The van der Waals surface area contributed by atoms with E-state index in [2.05, 4.69) is 42.3 Å². The second-order valence-corrected chi connectivity index (χ2v) is 12.7. The number of unbranched alkanes of at least 4 members (excludes halogenated alkanes) is 25. The second kappa shape index (κ2) is 28.7. The first-order chi connectivity index (χ1) is 19.3. The SMILES string of the molecule is CCCCCCCCCCCCC[n+]1ccn(CCCCCCCCCC)c1CCCCCCCCCCC. The van der Waals surface area contributed by atoms with Crippen LogP contribution in [-0.4, -0.2) is 4.57 Å². The topological polar surface area (TPSA) is 8.81 Å². The summed E-state index contributed by atoms with van der Waals surface area (Å²) in [6.45, 7) is 9.40. The van der Waals surface area contributed by atoms with Crippen molar-refractivity contribution >= 4 is 0 Å². The molecular formula is C37H73N2+. The van der Waals surface area contributed by atoms with Crippen molar-refractivity contribution in [3.05, 3.63) is 18.2 Å². The molecule has 0 fully saturated rings. The van der Waals surface area contributed by atoms with E-state index in [1.807, 2.05) is 0 Å². The van der Waals surface area contributed by atoms with Crippen LogP contribution in [0.5, 0.6) is 0 Å². The third-order valence-electron chi connectivity index (χ3n) is 8.85. The Morgan fingerprint density at radius 1 is 0.436 bits per heavy atom. The van der Waals surface area contributed by atoms with Crippen LogP contribution in [0.2, 0.25) is 0 Å². The van der Waals surface area contributed by atoms with Crippen LogP contribution in [0.25, 0.3) is 0 Å². The predicted octanol–water partition coefficient (Wildman–Crippen LogP) is 12.3. The van der Waals surface area contributed by atoms with Crippen LogP contribution < -0.4 is 4.57 Å². The summed E-state index contributed by atoms with van der Waals surface area (Å²) in [7, 11) is 0. The van der Waals surface area contributed by atoms with Crippen molar-refractivity contribution in [2.24, 2.45) is 0 Å².